The van der Waals surface area contributed by atoms with E-state index in [0.29, 0.717) is 0 Å². The lowest BCUT2D eigenvalue weighted by Gasteiger charge is -2.32. The Bertz CT molecular complexity index is 1070. The summed E-state index contributed by atoms with van der Waals surface area (Å²) < 4.78 is 19.1. The number of hydrogen-bond acceptors (Lipinski definition) is 5. The Labute approximate surface area is 193 Å². The lowest BCUT2D eigenvalue weighted by molar-refractivity contribution is 0.00578. The number of hydrogen-bond donors (Lipinski definition) is 1. The Morgan fingerprint density at radius 2 is 1.69 bits per heavy atom. The summed E-state index contributed by atoms with van der Waals surface area (Å²) in [5.74, 6) is 0. The van der Waals surface area contributed by atoms with Gasteiger partial charge in [-0.1, -0.05) is 48.5 Å². The lowest BCUT2D eigenvalue weighted by Crippen LogP contribution is -2.41. The molecule has 3 aromatic rings. The fourth-order valence-corrected chi connectivity index (χ4v) is 4.44. The van der Waals surface area contributed by atoms with Gasteiger partial charge in [-0.2, -0.15) is 0 Å². The van der Waals surface area contributed by atoms with Gasteiger partial charge in [-0.05, 0) is 62.3 Å². The smallest absolute Gasteiger partial charge is 0.445 e. The maximum absolute atomic E-state index is 12.3. The Balaban J connectivity index is 1.50. The fourth-order valence-electron chi connectivity index (χ4n) is 3.40. The summed E-state index contributed by atoms with van der Waals surface area (Å²) in [5.41, 5.74) is 0.844. The monoisotopic (exact) mass is 449 g/mol. The van der Waals surface area contributed by atoms with Crippen molar-refractivity contribution in [3.05, 3.63) is 76.6 Å². The summed E-state index contributed by atoms with van der Waals surface area (Å²) in [4.78, 5) is 13.4. The maximum atomic E-state index is 12.3. The first-order valence-electron chi connectivity index (χ1n) is 10.7. The van der Waals surface area contributed by atoms with Crippen LogP contribution in [0, 0.1) is 0 Å². The predicted molar refractivity (Wildman–Crippen MR) is 131 cm³/mol. The standard InChI is InChI=1S/C25H28BNO4S/c1-24(2)25(3,4)31-26(30-24)20(15-21-14-19-12-8-9-13-22(19)32-21)16-27-23(28)29-17-18-10-6-5-7-11-18/h5-15H,16-17H2,1-4H3,(H,27,28). The lowest BCUT2D eigenvalue weighted by atomic mass is 9.77. The van der Waals surface area contributed by atoms with Gasteiger partial charge in [0.1, 0.15) is 6.61 Å². The number of ether oxygens (including phenoxy) is 1. The zero-order chi connectivity index (χ0) is 22.8. The Morgan fingerprint density at radius 3 is 2.38 bits per heavy atom. The van der Waals surface area contributed by atoms with Gasteiger partial charge in [-0.25, -0.2) is 4.79 Å². The van der Waals surface area contributed by atoms with Crippen molar-refractivity contribution < 1.29 is 18.8 Å². The summed E-state index contributed by atoms with van der Waals surface area (Å²) in [7, 11) is -0.556. The molecule has 0 atom stereocenters. The zero-order valence-corrected chi connectivity index (χ0v) is 19.7. The van der Waals surface area contributed by atoms with Crippen molar-refractivity contribution in [2.75, 3.05) is 6.54 Å². The summed E-state index contributed by atoms with van der Waals surface area (Å²) in [5, 5.41) is 4.04. The third kappa shape index (κ3) is 5.06. The molecule has 0 saturated carbocycles. The van der Waals surface area contributed by atoms with Crippen molar-refractivity contribution >= 4 is 40.7 Å². The van der Waals surface area contributed by atoms with E-state index in [-0.39, 0.29) is 13.2 Å². The Kier molecular flexibility index (Phi) is 6.42. The van der Waals surface area contributed by atoms with E-state index in [0.717, 1.165) is 15.9 Å². The molecule has 2 aromatic carbocycles. The van der Waals surface area contributed by atoms with Gasteiger partial charge in [0, 0.05) is 16.1 Å². The SMILES string of the molecule is CC1(C)OB(C(=Cc2cc3ccccc3s2)CNC(=O)OCc2ccccc2)OC1(C)C. The van der Waals surface area contributed by atoms with Gasteiger partial charge in [0.25, 0.3) is 0 Å². The number of amides is 1. The van der Waals surface area contributed by atoms with E-state index >= 15 is 0 Å². The Hall–Kier alpha value is -2.61. The average molecular weight is 449 g/mol. The molecule has 7 heteroatoms. The minimum atomic E-state index is -0.556. The van der Waals surface area contributed by atoms with Gasteiger partial charge >= 0.3 is 13.2 Å². The normalized spacial score (nSPS) is 17.5. The highest BCUT2D eigenvalue weighted by Gasteiger charge is 2.52. The number of benzene rings is 2. The summed E-state index contributed by atoms with van der Waals surface area (Å²) in [6.45, 7) is 8.56. The molecule has 4 rings (SSSR count). The van der Waals surface area contributed by atoms with Crippen LogP contribution in [0.25, 0.3) is 16.2 Å². The van der Waals surface area contributed by atoms with E-state index in [1.54, 1.807) is 11.3 Å². The third-order valence-electron chi connectivity index (χ3n) is 5.98. The molecule has 1 aliphatic rings. The predicted octanol–water partition coefficient (Wildman–Crippen LogP) is 5.84. The maximum Gasteiger partial charge on any atom is 0.492 e. The van der Waals surface area contributed by atoms with Crippen LogP contribution in [0.4, 0.5) is 4.79 Å². The van der Waals surface area contributed by atoms with E-state index in [1.165, 1.54) is 10.1 Å². The first kappa shape index (κ1) is 22.6. The molecule has 0 radical (unpaired) electrons. The van der Waals surface area contributed by atoms with Crippen LogP contribution < -0.4 is 5.32 Å². The van der Waals surface area contributed by atoms with Gasteiger partial charge in [0.15, 0.2) is 0 Å². The number of nitrogens with one attached hydrogen (secondary N) is 1. The average Bonchev–Trinajstić information content (AvgIpc) is 3.26. The van der Waals surface area contributed by atoms with Crippen LogP contribution in [0.3, 0.4) is 0 Å². The molecule has 1 saturated heterocycles. The highest BCUT2D eigenvalue weighted by atomic mass is 32.1. The fraction of sp³-hybridized carbons (Fsp3) is 0.320. The Morgan fingerprint density at radius 1 is 1.03 bits per heavy atom. The second kappa shape index (κ2) is 9.10. The molecule has 0 spiro atoms. The first-order valence-corrected chi connectivity index (χ1v) is 11.5. The number of rotatable bonds is 6. The number of carbonyl (C=O) groups is 1. The second-order valence-corrected chi connectivity index (χ2v) is 10.0. The summed E-state index contributed by atoms with van der Waals surface area (Å²) in [6, 6.07) is 20.0. The quantitative estimate of drug-likeness (QED) is 0.480. The molecule has 2 heterocycles. The summed E-state index contributed by atoms with van der Waals surface area (Å²) in [6.07, 6.45) is 1.57. The van der Waals surface area contributed by atoms with Crippen LogP contribution in [-0.4, -0.2) is 31.0 Å². The largest absolute Gasteiger partial charge is 0.492 e. The number of thiophene rings is 1. The van der Waals surface area contributed by atoms with Crippen molar-refractivity contribution in [2.45, 2.75) is 45.5 Å². The highest BCUT2D eigenvalue weighted by Crippen LogP contribution is 2.39. The van der Waals surface area contributed by atoms with E-state index in [2.05, 4.69) is 23.5 Å². The topological polar surface area (TPSA) is 56.8 Å². The molecule has 5 nitrogen and oxygen atoms in total. The summed E-state index contributed by atoms with van der Waals surface area (Å²) >= 11 is 1.69. The van der Waals surface area contributed by atoms with E-state index in [1.807, 2.05) is 76.2 Å². The van der Waals surface area contributed by atoms with Crippen LogP contribution in [0.1, 0.15) is 38.1 Å². The molecule has 0 bridgehead atoms. The molecule has 32 heavy (non-hydrogen) atoms. The molecule has 0 unspecified atom stereocenters. The number of carbonyl (C=O) groups excluding carboxylic acids is 1. The molecule has 166 valence electrons. The van der Waals surface area contributed by atoms with Crippen molar-refractivity contribution in [1.82, 2.24) is 5.32 Å². The van der Waals surface area contributed by atoms with Crippen LogP contribution in [-0.2, 0) is 20.7 Å². The molecule has 1 amide bonds. The van der Waals surface area contributed by atoms with Gasteiger partial charge < -0.3 is 19.4 Å². The van der Waals surface area contributed by atoms with Crippen molar-refractivity contribution in [1.29, 1.82) is 0 Å². The van der Waals surface area contributed by atoms with Crippen LogP contribution in [0.2, 0.25) is 0 Å². The molecule has 1 fully saturated rings. The van der Waals surface area contributed by atoms with E-state index in [9.17, 15) is 4.79 Å². The van der Waals surface area contributed by atoms with Gasteiger partial charge in [0.2, 0.25) is 0 Å². The van der Waals surface area contributed by atoms with Crippen LogP contribution in [0.15, 0.2) is 66.1 Å². The van der Waals surface area contributed by atoms with E-state index < -0.39 is 24.4 Å². The third-order valence-corrected chi connectivity index (χ3v) is 7.04. The number of alkyl carbamates (subject to hydrolysis) is 1. The molecular weight excluding hydrogens is 421 g/mol. The first-order chi connectivity index (χ1) is 15.2. The van der Waals surface area contributed by atoms with Crippen molar-refractivity contribution in [2.24, 2.45) is 0 Å². The molecular formula is C25H28BNO4S. The second-order valence-electron chi connectivity index (χ2n) is 8.91. The van der Waals surface area contributed by atoms with Gasteiger partial charge in [-0.15, -0.1) is 11.3 Å². The van der Waals surface area contributed by atoms with Crippen LogP contribution >= 0.6 is 11.3 Å². The van der Waals surface area contributed by atoms with Crippen molar-refractivity contribution in [3.63, 3.8) is 0 Å². The minimum Gasteiger partial charge on any atom is -0.445 e. The zero-order valence-electron chi connectivity index (χ0n) is 18.9. The van der Waals surface area contributed by atoms with Crippen LogP contribution in [0.5, 0.6) is 0 Å². The number of fused-ring (bicyclic) bond motifs is 1. The van der Waals surface area contributed by atoms with Crippen molar-refractivity contribution in [3.8, 4) is 0 Å². The molecule has 0 aliphatic carbocycles. The van der Waals surface area contributed by atoms with Gasteiger partial charge in [0.05, 0.1) is 11.2 Å². The molecule has 1 aliphatic heterocycles. The van der Waals surface area contributed by atoms with E-state index in [4.69, 9.17) is 14.0 Å². The molecule has 1 N–H and O–H groups in total. The highest BCUT2D eigenvalue weighted by molar-refractivity contribution is 7.19. The minimum absolute atomic E-state index is 0.221. The van der Waals surface area contributed by atoms with Gasteiger partial charge in [-0.3, -0.25) is 0 Å². The molecule has 1 aromatic heterocycles.